The highest BCUT2D eigenvalue weighted by Crippen LogP contribution is 2.21. The first kappa shape index (κ1) is 17.9. The smallest absolute Gasteiger partial charge is 0.268 e. The monoisotopic (exact) mass is 412 g/mol. The van der Waals surface area contributed by atoms with Crippen LogP contribution in [-0.4, -0.2) is 10.5 Å². The molecule has 1 heterocycles. The molecule has 1 aromatic heterocycles. The number of hydrogen-bond acceptors (Lipinski definition) is 3. The van der Waals surface area contributed by atoms with Crippen molar-refractivity contribution in [2.24, 2.45) is 5.73 Å². The minimum atomic E-state index is -0.495. The van der Waals surface area contributed by atoms with Crippen LogP contribution < -0.4 is 16.0 Å². The number of ether oxygens (including phenoxy) is 1. The molecule has 2 N–H and O–H groups in total. The van der Waals surface area contributed by atoms with Crippen LogP contribution in [0, 0.1) is 0 Å². The summed E-state index contributed by atoms with van der Waals surface area (Å²) in [6, 6.07) is 18.4. The summed E-state index contributed by atoms with van der Waals surface area (Å²) in [6.45, 7) is 0.709. The Balaban J connectivity index is 1.78. The predicted octanol–water partition coefficient (Wildman–Crippen LogP) is 3.34. The van der Waals surface area contributed by atoms with Gasteiger partial charge in [-0.3, -0.25) is 9.59 Å². The van der Waals surface area contributed by atoms with Gasteiger partial charge in [-0.1, -0.05) is 42.5 Å². The lowest BCUT2D eigenvalue weighted by Gasteiger charge is -2.11. The van der Waals surface area contributed by atoms with Crippen molar-refractivity contribution < 1.29 is 9.53 Å². The minimum absolute atomic E-state index is 0.208. The summed E-state index contributed by atoms with van der Waals surface area (Å²) in [7, 11) is 0. The molecule has 0 saturated carbocycles. The summed E-state index contributed by atoms with van der Waals surface area (Å²) in [5.41, 5.74) is 7.34. The Bertz CT molecular complexity index is 984. The van der Waals surface area contributed by atoms with Crippen LogP contribution in [0.1, 0.15) is 21.5 Å². The van der Waals surface area contributed by atoms with Crippen molar-refractivity contribution in [3.05, 3.63) is 98.4 Å². The van der Waals surface area contributed by atoms with Gasteiger partial charge in [-0.25, -0.2) is 0 Å². The van der Waals surface area contributed by atoms with Crippen molar-refractivity contribution in [3.63, 3.8) is 0 Å². The number of nitrogens with two attached hydrogens (primary N) is 1. The zero-order valence-electron chi connectivity index (χ0n) is 13.9. The first-order valence-corrected chi connectivity index (χ1v) is 8.78. The molecule has 2 aromatic carbocycles. The molecule has 0 aliphatic heterocycles. The van der Waals surface area contributed by atoms with Crippen LogP contribution in [0.2, 0.25) is 0 Å². The number of pyridine rings is 1. The molecular weight excluding hydrogens is 396 g/mol. The molecule has 0 spiro atoms. The molecular formula is C20H17BrN2O3. The molecule has 1 amide bonds. The lowest BCUT2D eigenvalue weighted by molar-refractivity contribution is 0.1000. The van der Waals surface area contributed by atoms with Crippen LogP contribution in [0.15, 0.2) is 76.1 Å². The second kappa shape index (κ2) is 8.01. The van der Waals surface area contributed by atoms with E-state index in [1.165, 1.54) is 0 Å². The van der Waals surface area contributed by atoms with Gasteiger partial charge in [-0.05, 0) is 45.3 Å². The van der Waals surface area contributed by atoms with Crippen molar-refractivity contribution in [2.75, 3.05) is 0 Å². The number of carbonyl (C=O) groups is 1. The topological polar surface area (TPSA) is 74.3 Å². The third-order valence-electron chi connectivity index (χ3n) is 3.87. The standard InChI is InChI=1S/C20H17BrN2O3/c21-18-17(26-13-14-5-2-1-3-6-14)9-10-23(20(18)25)12-15-7-4-8-16(11-15)19(22)24/h1-11H,12-13H2,(H2,22,24). The van der Waals surface area contributed by atoms with Gasteiger partial charge in [0.1, 0.15) is 16.8 Å². The zero-order chi connectivity index (χ0) is 18.5. The third-order valence-corrected chi connectivity index (χ3v) is 4.60. The van der Waals surface area contributed by atoms with E-state index >= 15 is 0 Å². The van der Waals surface area contributed by atoms with Gasteiger partial charge in [-0.15, -0.1) is 0 Å². The Morgan fingerprint density at radius 2 is 1.77 bits per heavy atom. The lowest BCUT2D eigenvalue weighted by Crippen LogP contribution is -2.21. The summed E-state index contributed by atoms with van der Waals surface area (Å²) in [5, 5.41) is 0. The molecule has 0 saturated heterocycles. The fourth-order valence-corrected chi connectivity index (χ4v) is 3.00. The van der Waals surface area contributed by atoms with Crippen LogP contribution in [-0.2, 0) is 13.2 Å². The normalized spacial score (nSPS) is 10.5. The lowest BCUT2D eigenvalue weighted by atomic mass is 10.1. The number of nitrogens with zero attached hydrogens (tertiary/aromatic N) is 1. The summed E-state index contributed by atoms with van der Waals surface area (Å²) < 4.78 is 7.64. The maximum atomic E-state index is 12.6. The van der Waals surface area contributed by atoms with Crippen LogP contribution in [0.25, 0.3) is 0 Å². The minimum Gasteiger partial charge on any atom is -0.487 e. The molecule has 26 heavy (non-hydrogen) atoms. The van der Waals surface area contributed by atoms with Gasteiger partial charge < -0.3 is 15.0 Å². The number of halogens is 1. The van der Waals surface area contributed by atoms with Crippen LogP contribution in [0.4, 0.5) is 0 Å². The van der Waals surface area contributed by atoms with Crippen molar-refractivity contribution >= 4 is 21.8 Å². The molecule has 5 nitrogen and oxygen atoms in total. The Morgan fingerprint density at radius 3 is 2.50 bits per heavy atom. The first-order chi connectivity index (χ1) is 12.5. The van der Waals surface area contributed by atoms with Gasteiger partial charge in [0.15, 0.2) is 0 Å². The molecule has 6 heteroatoms. The fourth-order valence-electron chi connectivity index (χ4n) is 2.52. The summed E-state index contributed by atoms with van der Waals surface area (Å²) in [4.78, 5) is 23.9. The molecule has 132 valence electrons. The molecule has 0 atom stereocenters. The third kappa shape index (κ3) is 4.21. The summed E-state index contributed by atoms with van der Waals surface area (Å²) in [5.74, 6) is -0.00831. The maximum Gasteiger partial charge on any atom is 0.268 e. The average molecular weight is 413 g/mol. The van der Waals surface area contributed by atoms with Crippen molar-refractivity contribution in [2.45, 2.75) is 13.2 Å². The van der Waals surface area contributed by atoms with E-state index in [1.807, 2.05) is 36.4 Å². The molecule has 0 fully saturated rings. The Labute approximate surface area is 159 Å². The molecule has 0 radical (unpaired) electrons. The molecule has 0 aliphatic rings. The SMILES string of the molecule is NC(=O)c1cccc(Cn2ccc(OCc3ccccc3)c(Br)c2=O)c1. The van der Waals surface area contributed by atoms with E-state index in [9.17, 15) is 9.59 Å². The Kier molecular flexibility index (Phi) is 5.53. The molecule has 0 bridgehead atoms. The number of aromatic nitrogens is 1. The first-order valence-electron chi connectivity index (χ1n) is 7.99. The Hall–Kier alpha value is -2.86. The van der Waals surface area contributed by atoms with E-state index < -0.39 is 5.91 Å². The van der Waals surface area contributed by atoms with E-state index in [0.29, 0.717) is 28.9 Å². The highest BCUT2D eigenvalue weighted by Gasteiger charge is 2.10. The second-order valence-electron chi connectivity index (χ2n) is 5.77. The number of hydrogen-bond donors (Lipinski definition) is 1. The van der Waals surface area contributed by atoms with E-state index in [2.05, 4.69) is 15.9 Å². The highest BCUT2D eigenvalue weighted by molar-refractivity contribution is 9.10. The number of carbonyl (C=O) groups excluding carboxylic acids is 1. The number of benzene rings is 2. The quantitative estimate of drug-likeness (QED) is 0.674. The molecule has 3 aromatic rings. The van der Waals surface area contributed by atoms with Crippen molar-refractivity contribution in [1.29, 1.82) is 0 Å². The maximum absolute atomic E-state index is 12.6. The second-order valence-corrected chi connectivity index (χ2v) is 6.56. The zero-order valence-corrected chi connectivity index (χ0v) is 15.5. The van der Waals surface area contributed by atoms with Gasteiger partial charge in [0.2, 0.25) is 5.91 Å². The highest BCUT2D eigenvalue weighted by atomic mass is 79.9. The van der Waals surface area contributed by atoms with Gasteiger partial charge in [0.25, 0.3) is 5.56 Å². The van der Waals surface area contributed by atoms with Crippen LogP contribution >= 0.6 is 15.9 Å². The van der Waals surface area contributed by atoms with Crippen molar-refractivity contribution in [3.8, 4) is 5.75 Å². The fraction of sp³-hybridized carbons (Fsp3) is 0.100. The van der Waals surface area contributed by atoms with Crippen LogP contribution in [0.3, 0.4) is 0 Å². The van der Waals surface area contributed by atoms with E-state index in [4.69, 9.17) is 10.5 Å². The number of primary amides is 1. The summed E-state index contributed by atoms with van der Waals surface area (Å²) >= 11 is 3.32. The van der Waals surface area contributed by atoms with E-state index in [1.54, 1.807) is 35.0 Å². The number of amides is 1. The van der Waals surface area contributed by atoms with Gasteiger partial charge in [0, 0.05) is 11.8 Å². The van der Waals surface area contributed by atoms with E-state index in [-0.39, 0.29) is 5.56 Å². The predicted molar refractivity (Wildman–Crippen MR) is 103 cm³/mol. The van der Waals surface area contributed by atoms with Gasteiger partial charge >= 0.3 is 0 Å². The Morgan fingerprint density at radius 1 is 1.04 bits per heavy atom. The van der Waals surface area contributed by atoms with Gasteiger partial charge in [0.05, 0.1) is 6.54 Å². The number of rotatable bonds is 6. The molecule has 0 unspecified atom stereocenters. The van der Waals surface area contributed by atoms with Gasteiger partial charge in [-0.2, -0.15) is 0 Å². The van der Waals surface area contributed by atoms with Crippen LogP contribution in [0.5, 0.6) is 5.75 Å². The summed E-state index contributed by atoms with van der Waals surface area (Å²) in [6.07, 6.45) is 1.67. The molecule has 0 aliphatic carbocycles. The largest absolute Gasteiger partial charge is 0.487 e. The average Bonchev–Trinajstić information content (AvgIpc) is 2.66. The van der Waals surface area contributed by atoms with E-state index in [0.717, 1.165) is 11.1 Å². The molecule has 3 rings (SSSR count). The van der Waals surface area contributed by atoms with Crippen molar-refractivity contribution in [1.82, 2.24) is 4.57 Å².